The third-order valence-corrected chi connectivity index (χ3v) is 7.97. The Morgan fingerprint density at radius 3 is 1.13 bits per heavy atom. The van der Waals surface area contributed by atoms with E-state index in [1.807, 2.05) is 24.3 Å². The molecule has 0 saturated carbocycles. The maximum Gasteiger partial charge on any atom is 0.454 e. The van der Waals surface area contributed by atoms with E-state index in [1.54, 1.807) is 84.9 Å². The molecular formula is C40H36F6N4O4. The molecule has 54 heavy (non-hydrogen) atoms. The fourth-order valence-electron chi connectivity index (χ4n) is 5.08. The molecule has 0 heterocycles. The number of aryl methyl sites for hydroxylation is 2. The molecular weight excluding hydrogens is 714 g/mol. The van der Waals surface area contributed by atoms with E-state index in [0.29, 0.717) is 36.4 Å². The molecule has 14 heteroatoms. The maximum absolute atomic E-state index is 13.1. The highest BCUT2D eigenvalue weighted by atomic mass is 19.4. The maximum atomic E-state index is 13.1. The predicted molar refractivity (Wildman–Crippen MR) is 192 cm³/mol. The fraction of sp³-hybridized carbons (Fsp3) is 0.200. The number of carbonyl (C=O) groups excluding carboxylic acids is 4. The molecule has 4 aromatic carbocycles. The minimum Gasteiger partial charge on any atom is -0.379 e. The van der Waals surface area contributed by atoms with Crippen molar-refractivity contribution in [1.29, 1.82) is 0 Å². The number of rotatable bonds is 17. The Kier molecular flexibility index (Phi) is 14.3. The Labute approximate surface area is 307 Å². The van der Waals surface area contributed by atoms with Gasteiger partial charge in [-0.1, -0.05) is 84.9 Å². The van der Waals surface area contributed by atoms with Crippen LogP contribution in [0, 0.1) is 0 Å². The number of ketones is 2. The van der Waals surface area contributed by atoms with E-state index in [4.69, 9.17) is 0 Å². The van der Waals surface area contributed by atoms with Crippen LogP contribution in [0.1, 0.15) is 22.3 Å². The summed E-state index contributed by atoms with van der Waals surface area (Å²) in [4.78, 5) is 48.7. The van der Waals surface area contributed by atoms with Crippen LogP contribution in [0.2, 0.25) is 0 Å². The smallest absolute Gasteiger partial charge is 0.379 e. The Bertz CT molecular complexity index is 1770. The zero-order chi connectivity index (χ0) is 39.1. The lowest BCUT2D eigenvalue weighted by atomic mass is 10.0. The third kappa shape index (κ3) is 13.4. The zero-order valence-corrected chi connectivity index (χ0v) is 28.6. The molecule has 0 spiro atoms. The first kappa shape index (κ1) is 40.6. The number of alkyl halides is 6. The van der Waals surface area contributed by atoms with Gasteiger partial charge in [-0.2, -0.15) is 26.3 Å². The van der Waals surface area contributed by atoms with Gasteiger partial charge in [0.15, 0.2) is 0 Å². The largest absolute Gasteiger partial charge is 0.454 e. The normalized spacial score (nSPS) is 12.9. The summed E-state index contributed by atoms with van der Waals surface area (Å²) in [6, 6.07) is 29.8. The molecule has 2 unspecified atom stereocenters. The lowest BCUT2D eigenvalue weighted by Crippen LogP contribution is -2.39. The van der Waals surface area contributed by atoms with Crippen molar-refractivity contribution in [2.24, 2.45) is 0 Å². The van der Waals surface area contributed by atoms with Gasteiger partial charge in [-0.3, -0.25) is 19.2 Å². The topological polar surface area (TPSA) is 116 Å². The quantitative estimate of drug-likeness (QED) is 0.0680. The molecule has 4 rings (SSSR count). The lowest BCUT2D eigenvalue weighted by molar-refractivity contribution is -0.165. The molecule has 4 aromatic rings. The monoisotopic (exact) mass is 750 g/mol. The summed E-state index contributed by atoms with van der Waals surface area (Å²) >= 11 is 0. The summed E-state index contributed by atoms with van der Waals surface area (Å²) in [5.41, 5.74) is 4.33. The zero-order valence-electron chi connectivity index (χ0n) is 28.6. The molecule has 0 aromatic heterocycles. The number of carbonyl (C=O) groups is 4. The number of nitrogens with one attached hydrogen (secondary N) is 4. The summed E-state index contributed by atoms with van der Waals surface area (Å²) in [7, 11) is 0. The number of halogens is 6. The summed E-state index contributed by atoms with van der Waals surface area (Å²) in [5, 5.41) is 10.7. The minimum absolute atomic E-state index is 0.147. The van der Waals surface area contributed by atoms with Gasteiger partial charge in [0.05, 0.1) is 0 Å². The molecule has 0 aliphatic rings. The van der Waals surface area contributed by atoms with Crippen molar-refractivity contribution in [2.75, 3.05) is 10.6 Å². The third-order valence-electron chi connectivity index (χ3n) is 7.97. The molecule has 0 saturated heterocycles. The number of hydrogen-bond donors (Lipinski definition) is 4. The highest BCUT2D eigenvalue weighted by molar-refractivity contribution is 5.97. The number of anilines is 2. The van der Waals surface area contributed by atoms with Gasteiger partial charge in [0.25, 0.3) is 11.6 Å². The first-order valence-electron chi connectivity index (χ1n) is 16.6. The van der Waals surface area contributed by atoms with Crippen LogP contribution in [-0.4, -0.2) is 47.8 Å². The molecule has 0 aliphatic carbocycles. The first-order chi connectivity index (χ1) is 25.7. The minimum atomic E-state index is -5.03. The van der Waals surface area contributed by atoms with Crippen LogP contribution in [0.25, 0.3) is 0 Å². The Morgan fingerprint density at radius 2 is 0.815 bits per heavy atom. The van der Waals surface area contributed by atoms with Gasteiger partial charge in [0.2, 0.25) is 11.8 Å². The molecule has 2 amide bonds. The van der Waals surface area contributed by atoms with E-state index in [-0.39, 0.29) is 12.8 Å². The van der Waals surface area contributed by atoms with Gasteiger partial charge in [0, 0.05) is 48.8 Å². The second-order valence-electron chi connectivity index (χ2n) is 12.1. The molecule has 8 nitrogen and oxygen atoms in total. The van der Waals surface area contributed by atoms with Crippen LogP contribution in [0.3, 0.4) is 0 Å². The van der Waals surface area contributed by atoms with E-state index < -0.39 is 47.8 Å². The van der Waals surface area contributed by atoms with Crippen LogP contribution in [0.5, 0.6) is 0 Å². The second-order valence-corrected chi connectivity index (χ2v) is 12.1. The van der Waals surface area contributed by atoms with Crippen molar-refractivity contribution >= 4 is 34.8 Å². The van der Waals surface area contributed by atoms with E-state index in [1.165, 1.54) is 0 Å². The molecule has 4 N–H and O–H groups in total. The number of amides is 2. The fourth-order valence-corrected chi connectivity index (χ4v) is 5.08. The molecule has 0 radical (unpaired) electrons. The van der Waals surface area contributed by atoms with Crippen molar-refractivity contribution in [3.63, 3.8) is 0 Å². The Balaban J connectivity index is 1.32. The van der Waals surface area contributed by atoms with E-state index in [0.717, 1.165) is 34.7 Å². The standard InChI is InChI=1S/C40H36F6N4O4/c41-39(42,43)35(51)21-23-47-33(25-29-7-3-1-4-8-29)37(53)49-31-17-13-27(14-18-31)11-12-28-15-19-32(20-16-28)50-38(54)34(26-30-9-5-2-6-10-30)48-24-22-36(52)40(44,45)46/h1-10,13-24,33-34,47-48H,11-12,25-26H2,(H,49,53)(H,50,54)/b23-21+,24-22+. The lowest BCUT2D eigenvalue weighted by Gasteiger charge is -2.18. The number of allylic oxidation sites excluding steroid dienone is 2. The molecule has 282 valence electrons. The van der Waals surface area contributed by atoms with Crippen LogP contribution < -0.4 is 21.3 Å². The summed E-state index contributed by atoms with van der Waals surface area (Å²) in [5.74, 6) is -5.13. The Morgan fingerprint density at radius 1 is 0.481 bits per heavy atom. The predicted octanol–water partition coefficient (Wildman–Crippen LogP) is 7.04. The van der Waals surface area contributed by atoms with Gasteiger partial charge < -0.3 is 21.3 Å². The molecule has 0 fully saturated rings. The van der Waals surface area contributed by atoms with Crippen molar-refractivity contribution in [2.45, 2.75) is 50.1 Å². The molecule has 0 bridgehead atoms. The van der Waals surface area contributed by atoms with Gasteiger partial charge >= 0.3 is 12.4 Å². The second kappa shape index (κ2) is 19.1. The highest BCUT2D eigenvalue weighted by Gasteiger charge is 2.37. The van der Waals surface area contributed by atoms with Crippen LogP contribution >= 0.6 is 0 Å². The average molecular weight is 751 g/mol. The molecule has 2 atom stereocenters. The van der Waals surface area contributed by atoms with Crippen molar-refractivity contribution in [1.82, 2.24) is 10.6 Å². The summed E-state index contributed by atoms with van der Waals surface area (Å²) < 4.78 is 75.6. The van der Waals surface area contributed by atoms with Gasteiger partial charge in [-0.15, -0.1) is 0 Å². The van der Waals surface area contributed by atoms with E-state index in [2.05, 4.69) is 21.3 Å². The number of benzene rings is 4. The van der Waals surface area contributed by atoms with Crippen molar-refractivity contribution in [3.8, 4) is 0 Å². The van der Waals surface area contributed by atoms with Crippen molar-refractivity contribution < 1.29 is 45.5 Å². The van der Waals surface area contributed by atoms with Crippen LogP contribution in [-0.2, 0) is 44.9 Å². The average Bonchev–Trinajstić information content (AvgIpc) is 3.14. The van der Waals surface area contributed by atoms with E-state index in [9.17, 15) is 45.5 Å². The summed E-state index contributed by atoms with van der Waals surface area (Å²) in [6.45, 7) is 0. The van der Waals surface area contributed by atoms with E-state index >= 15 is 0 Å². The molecule has 0 aliphatic heterocycles. The van der Waals surface area contributed by atoms with Crippen LogP contribution in [0.15, 0.2) is 134 Å². The van der Waals surface area contributed by atoms with Gasteiger partial charge in [0.1, 0.15) is 12.1 Å². The summed E-state index contributed by atoms with van der Waals surface area (Å²) in [6.07, 6.45) is -6.19. The number of hydrogen-bond acceptors (Lipinski definition) is 6. The van der Waals surface area contributed by atoms with Gasteiger partial charge in [-0.25, -0.2) is 0 Å². The SMILES string of the molecule is O=C(Nc1ccc(CCc2ccc(NC(=O)C(Cc3ccccc3)N/C=C/C(=O)C(F)(F)F)cc2)cc1)C(Cc1ccccc1)N/C=C/C(=O)C(F)(F)F. The Hall–Kier alpha value is -6.18. The highest BCUT2D eigenvalue weighted by Crippen LogP contribution is 2.19. The first-order valence-corrected chi connectivity index (χ1v) is 16.6. The van der Waals surface area contributed by atoms with Crippen LogP contribution in [0.4, 0.5) is 37.7 Å². The van der Waals surface area contributed by atoms with Gasteiger partial charge in [-0.05, 0) is 59.4 Å². The van der Waals surface area contributed by atoms with Crippen molar-refractivity contribution in [3.05, 3.63) is 156 Å².